The molecule has 0 unspecified atom stereocenters. The van der Waals surface area contributed by atoms with Gasteiger partial charge in [0, 0.05) is 23.5 Å². The van der Waals surface area contributed by atoms with Gasteiger partial charge >= 0.3 is 0 Å². The molecule has 0 aliphatic rings. The number of nitrogens with zero attached hydrogens (tertiary/aromatic N) is 2. The molecule has 0 aliphatic carbocycles. The first-order valence-electron chi connectivity index (χ1n) is 5.85. The number of hydrogen-bond acceptors (Lipinski definition) is 6. The standard InChI is InChI=1S/C14H12N2O2S2/c1-9(17)11-3-5-13(15-7-11)19-20-14-6-4-12(8-16-14)10(2)18/h3-8H,1-2H3. The van der Waals surface area contributed by atoms with Crippen LogP contribution in [0.3, 0.4) is 0 Å². The number of carbonyl (C=O) groups is 2. The van der Waals surface area contributed by atoms with Gasteiger partial charge in [0.2, 0.25) is 0 Å². The van der Waals surface area contributed by atoms with Crippen molar-refractivity contribution in [2.24, 2.45) is 0 Å². The molecule has 102 valence electrons. The van der Waals surface area contributed by atoms with E-state index in [2.05, 4.69) is 9.97 Å². The Labute approximate surface area is 124 Å². The Balaban J connectivity index is 1.97. The molecule has 0 saturated carbocycles. The molecule has 2 heterocycles. The maximum absolute atomic E-state index is 11.1. The number of carbonyl (C=O) groups excluding carboxylic acids is 2. The molecule has 0 saturated heterocycles. The molecule has 0 atom stereocenters. The fourth-order valence-electron chi connectivity index (χ4n) is 1.36. The summed E-state index contributed by atoms with van der Waals surface area (Å²) in [5.74, 6) is 0.00591. The molecular formula is C14H12N2O2S2. The van der Waals surface area contributed by atoms with E-state index < -0.39 is 0 Å². The summed E-state index contributed by atoms with van der Waals surface area (Å²) in [7, 11) is 2.91. The molecule has 0 aromatic carbocycles. The van der Waals surface area contributed by atoms with Crippen LogP contribution in [-0.2, 0) is 0 Å². The van der Waals surface area contributed by atoms with E-state index in [1.54, 1.807) is 36.7 Å². The van der Waals surface area contributed by atoms with Crippen LogP contribution < -0.4 is 0 Å². The summed E-state index contributed by atoms with van der Waals surface area (Å²) < 4.78 is 0. The van der Waals surface area contributed by atoms with Crippen LogP contribution >= 0.6 is 21.6 Å². The summed E-state index contributed by atoms with van der Waals surface area (Å²) in [5.41, 5.74) is 1.20. The molecule has 0 bridgehead atoms. The van der Waals surface area contributed by atoms with Gasteiger partial charge in [0.15, 0.2) is 11.6 Å². The predicted octanol–water partition coefficient (Wildman–Crippen LogP) is 3.68. The van der Waals surface area contributed by atoms with Crippen LogP contribution in [0.25, 0.3) is 0 Å². The molecule has 4 nitrogen and oxygen atoms in total. The molecule has 0 fully saturated rings. The average Bonchev–Trinajstić information content (AvgIpc) is 2.46. The van der Waals surface area contributed by atoms with Crippen LogP contribution in [-0.4, -0.2) is 21.5 Å². The zero-order valence-corrected chi connectivity index (χ0v) is 12.6. The smallest absolute Gasteiger partial charge is 0.161 e. The average molecular weight is 304 g/mol. The highest BCUT2D eigenvalue weighted by Crippen LogP contribution is 2.34. The minimum Gasteiger partial charge on any atom is -0.294 e. The number of pyridine rings is 2. The van der Waals surface area contributed by atoms with E-state index in [-0.39, 0.29) is 11.6 Å². The Morgan fingerprint density at radius 1 is 0.800 bits per heavy atom. The van der Waals surface area contributed by atoms with Crippen LogP contribution in [0.15, 0.2) is 46.7 Å². The molecule has 0 aliphatic heterocycles. The van der Waals surface area contributed by atoms with Gasteiger partial charge in [0.05, 0.1) is 0 Å². The van der Waals surface area contributed by atoms with Gasteiger partial charge in [-0.2, -0.15) is 0 Å². The first kappa shape index (κ1) is 14.7. The Hall–Kier alpha value is -1.66. The fraction of sp³-hybridized carbons (Fsp3) is 0.143. The van der Waals surface area contributed by atoms with Crippen molar-refractivity contribution in [3.8, 4) is 0 Å². The van der Waals surface area contributed by atoms with E-state index in [4.69, 9.17) is 0 Å². The van der Waals surface area contributed by atoms with Crippen LogP contribution in [0.4, 0.5) is 0 Å². The van der Waals surface area contributed by atoms with Crippen LogP contribution in [0, 0.1) is 0 Å². The third-order valence-corrected chi connectivity index (χ3v) is 4.68. The van der Waals surface area contributed by atoms with Crippen molar-refractivity contribution in [3.63, 3.8) is 0 Å². The van der Waals surface area contributed by atoms with Crippen LogP contribution in [0.1, 0.15) is 34.6 Å². The summed E-state index contributed by atoms with van der Waals surface area (Å²) in [5, 5.41) is 1.61. The summed E-state index contributed by atoms with van der Waals surface area (Å²) in [6.45, 7) is 3.03. The van der Waals surface area contributed by atoms with Gasteiger partial charge in [0.25, 0.3) is 0 Å². The number of hydrogen-bond donors (Lipinski definition) is 0. The lowest BCUT2D eigenvalue weighted by Crippen LogP contribution is -1.93. The molecule has 0 radical (unpaired) electrons. The lowest BCUT2D eigenvalue weighted by Gasteiger charge is -2.01. The molecule has 0 N–H and O–H groups in total. The quantitative estimate of drug-likeness (QED) is 0.620. The van der Waals surface area contributed by atoms with E-state index >= 15 is 0 Å². The monoisotopic (exact) mass is 304 g/mol. The number of aromatic nitrogens is 2. The number of ketones is 2. The summed E-state index contributed by atoms with van der Waals surface area (Å²) in [6.07, 6.45) is 3.13. The van der Waals surface area contributed by atoms with Crippen molar-refractivity contribution in [1.29, 1.82) is 0 Å². The van der Waals surface area contributed by atoms with Gasteiger partial charge in [-0.1, -0.05) is 0 Å². The Morgan fingerprint density at radius 3 is 1.45 bits per heavy atom. The fourth-order valence-corrected chi connectivity index (χ4v) is 3.07. The lowest BCUT2D eigenvalue weighted by atomic mass is 10.2. The molecule has 2 aromatic rings. The van der Waals surface area contributed by atoms with Crippen LogP contribution in [0.2, 0.25) is 0 Å². The van der Waals surface area contributed by atoms with Gasteiger partial charge in [-0.15, -0.1) is 0 Å². The Morgan fingerprint density at radius 2 is 1.20 bits per heavy atom. The van der Waals surface area contributed by atoms with Crippen molar-refractivity contribution in [2.45, 2.75) is 23.9 Å². The first-order valence-corrected chi connectivity index (χ1v) is 8.00. The molecular weight excluding hydrogens is 292 g/mol. The maximum Gasteiger partial charge on any atom is 0.161 e. The zero-order valence-electron chi connectivity index (χ0n) is 11.0. The summed E-state index contributed by atoms with van der Waals surface area (Å²) in [6, 6.07) is 7.12. The van der Waals surface area contributed by atoms with Crippen molar-refractivity contribution in [2.75, 3.05) is 0 Å². The van der Waals surface area contributed by atoms with Gasteiger partial charge in [0.1, 0.15) is 10.1 Å². The van der Waals surface area contributed by atoms with Crippen LogP contribution in [0.5, 0.6) is 0 Å². The largest absolute Gasteiger partial charge is 0.294 e. The number of Topliss-reactive ketones (excluding diaryl/α,β-unsaturated/α-hetero) is 2. The normalized spacial score (nSPS) is 10.3. The second-order valence-corrected chi connectivity index (χ2v) is 6.22. The van der Waals surface area contributed by atoms with Gasteiger partial charge in [-0.05, 0) is 59.7 Å². The predicted molar refractivity (Wildman–Crippen MR) is 80.2 cm³/mol. The van der Waals surface area contributed by atoms with Gasteiger partial charge in [-0.3, -0.25) is 9.59 Å². The molecule has 0 amide bonds. The Bertz CT molecular complexity index is 567. The van der Waals surface area contributed by atoms with E-state index in [0.29, 0.717) is 11.1 Å². The third kappa shape index (κ3) is 3.91. The van der Waals surface area contributed by atoms with Gasteiger partial charge < -0.3 is 0 Å². The third-order valence-electron chi connectivity index (χ3n) is 2.50. The van der Waals surface area contributed by atoms with Crippen molar-refractivity contribution < 1.29 is 9.59 Å². The topological polar surface area (TPSA) is 59.9 Å². The van der Waals surface area contributed by atoms with Crippen molar-refractivity contribution in [1.82, 2.24) is 9.97 Å². The highest BCUT2D eigenvalue weighted by atomic mass is 33.1. The molecule has 2 rings (SSSR count). The highest BCUT2D eigenvalue weighted by molar-refractivity contribution is 8.76. The van der Waals surface area contributed by atoms with Crippen molar-refractivity contribution >= 4 is 33.2 Å². The SMILES string of the molecule is CC(=O)c1ccc(SSc2ccc(C(C)=O)cn2)nc1. The molecule has 2 aromatic heterocycles. The second kappa shape index (κ2) is 6.67. The Kier molecular flexibility index (Phi) is 4.92. The van der Waals surface area contributed by atoms with Crippen molar-refractivity contribution in [3.05, 3.63) is 47.8 Å². The van der Waals surface area contributed by atoms with E-state index in [1.807, 2.05) is 0 Å². The molecule has 20 heavy (non-hydrogen) atoms. The maximum atomic E-state index is 11.1. The first-order chi connectivity index (χ1) is 9.56. The summed E-state index contributed by atoms with van der Waals surface area (Å²) >= 11 is 0. The minimum atomic E-state index is 0.00295. The minimum absolute atomic E-state index is 0.00295. The lowest BCUT2D eigenvalue weighted by molar-refractivity contribution is 0.100. The molecule has 6 heteroatoms. The number of rotatable bonds is 5. The van der Waals surface area contributed by atoms with E-state index in [0.717, 1.165) is 10.1 Å². The second-order valence-electron chi connectivity index (χ2n) is 4.05. The highest BCUT2D eigenvalue weighted by Gasteiger charge is 2.04. The molecule has 0 spiro atoms. The van der Waals surface area contributed by atoms with Gasteiger partial charge in [-0.25, -0.2) is 9.97 Å². The van der Waals surface area contributed by atoms with E-state index in [1.165, 1.54) is 35.4 Å². The zero-order chi connectivity index (χ0) is 14.5. The summed E-state index contributed by atoms with van der Waals surface area (Å²) in [4.78, 5) is 30.7. The van der Waals surface area contributed by atoms with E-state index in [9.17, 15) is 9.59 Å².